The summed E-state index contributed by atoms with van der Waals surface area (Å²) in [6, 6.07) is 14.0. The van der Waals surface area contributed by atoms with Gasteiger partial charge in [0.15, 0.2) is 0 Å². The molecule has 5 heteroatoms. The minimum absolute atomic E-state index is 0.587. The number of hydrogen-bond donors (Lipinski definition) is 0. The van der Waals surface area contributed by atoms with Gasteiger partial charge in [-0.15, -0.1) is 11.8 Å². The van der Waals surface area contributed by atoms with Crippen molar-refractivity contribution in [2.45, 2.75) is 10.6 Å². The number of nitrogens with zero attached hydrogens (tertiary/aromatic N) is 2. The molecule has 3 rings (SSSR count). The van der Waals surface area contributed by atoms with Crippen molar-refractivity contribution in [1.29, 1.82) is 0 Å². The molecule has 0 atom stereocenters. The summed E-state index contributed by atoms with van der Waals surface area (Å²) in [6.45, 7) is 0. The summed E-state index contributed by atoms with van der Waals surface area (Å²) in [5.74, 6) is 0.836. The molecule has 0 aliphatic rings. The Hall–Kier alpha value is -1.42. The summed E-state index contributed by atoms with van der Waals surface area (Å²) >= 11 is 13.8. The third-order valence-corrected chi connectivity index (χ3v) is 4.90. The van der Waals surface area contributed by atoms with Crippen molar-refractivity contribution < 1.29 is 0 Å². The van der Waals surface area contributed by atoms with Crippen LogP contribution in [0.3, 0.4) is 0 Å². The summed E-state index contributed by atoms with van der Waals surface area (Å²) in [6.07, 6.45) is 5.53. The smallest absolute Gasteiger partial charge is 0.0992 e. The van der Waals surface area contributed by atoms with Gasteiger partial charge in [-0.2, -0.15) is 0 Å². The Morgan fingerprint density at radius 1 is 1.05 bits per heavy atom. The number of aromatic nitrogens is 2. The Bertz CT molecular complexity index is 742. The maximum atomic E-state index is 6.05. The zero-order valence-corrected chi connectivity index (χ0v) is 13.4. The predicted molar refractivity (Wildman–Crippen MR) is 89.6 cm³/mol. The third kappa shape index (κ3) is 3.43. The van der Waals surface area contributed by atoms with Crippen LogP contribution in [-0.4, -0.2) is 9.55 Å². The van der Waals surface area contributed by atoms with E-state index in [0.29, 0.717) is 10.0 Å². The molecule has 106 valence electrons. The highest BCUT2D eigenvalue weighted by Gasteiger charge is 2.06. The monoisotopic (exact) mass is 334 g/mol. The van der Waals surface area contributed by atoms with Crippen LogP contribution in [0, 0.1) is 0 Å². The van der Waals surface area contributed by atoms with Crippen LogP contribution >= 0.6 is 35.0 Å². The van der Waals surface area contributed by atoms with Crippen LogP contribution in [0.5, 0.6) is 0 Å². The summed E-state index contributed by atoms with van der Waals surface area (Å²) in [5, 5.41) is 1.18. The Labute approximate surface area is 137 Å². The number of rotatable bonds is 4. The van der Waals surface area contributed by atoms with E-state index in [2.05, 4.69) is 17.1 Å². The summed E-state index contributed by atoms with van der Waals surface area (Å²) in [4.78, 5) is 5.30. The molecule has 0 unspecified atom stereocenters. The normalized spacial score (nSPS) is 10.8. The average Bonchev–Trinajstić information content (AvgIpc) is 3.03. The van der Waals surface area contributed by atoms with Gasteiger partial charge < -0.3 is 4.57 Å². The molecule has 2 aromatic carbocycles. The second-order valence-corrected chi connectivity index (χ2v) is 6.31. The molecule has 0 saturated carbocycles. The number of thioether (sulfide) groups is 1. The zero-order valence-electron chi connectivity index (χ0n) is 11.0. The maximum Gasteiger partial charge on any atom is 0.0992 e. The first-order valence-corrected chi connectivity index (χ1v) is 8.12. The molecule has 0 N–H and O–H groups in total. The molecule has 0 saturated heterocycles. The van der Waals surface area contributed by atoms with Crippen molar-refractivity contribution in [2.75, 3.05) is 0 Å². The van der Waals surface area contributed by atoms with Crippen molar-refractivity contribution in [2.24, 2.45) is 0 Å². The van der Waals surface area contributed by atoms with Gasteiger partial charge in [0.1, 0.15) is 0 Å². The van der Waals surface area contributed by atoms with E-state index in [1.165, 1.54) is 4.90 Å². The summed E-state index contributed by atoms with van der Waals surface area (Å²) in [7, 11) is 0. The van der Waals surface area contributed by atoms with Gasteiger partial charge in [-0.05, 0) is 29.8 Å². The fraction of sp³-hybridized carbons (Fsp3) is 0.0625. The Morgan fingerprint density at radius 3 is 2.67 bits per heavy atom. The number of imidazole rings is 1. The van der Waals surface area contributed by atoms with Crippen molar-refractivity contribution in [3.05, 3.63) is 76.8 Å². The van der Waals surface area contributed by atoms with E-state index < -0.39 is 0 Å². The van der Waals surface area contributed by atoms with Gasteiger partial charge in [-0.3, -0.25) is 0 Å². The first-order valence-electron chi connectivity index (χ1n) is 6.38. The molecule has 0 amide bonds. The van der Waals surface area contributed by atoms with Crippen molar-refractivity contribution in [3.63, 3.8) is 0 Å². The fourth-order valence-electron chi connectivity index (χ4n) is 1.98. The Kier molecular flexibility index (Phi) is 4.54. The van der Waals surface area contributed by atoms with Crippen LogP contribution in [-0.2, 0) is 5.75 Å². The van der Waals surface area contributed by atoms with Gasteiger partial charge in [0.25, 0.3) is 0 Å². The lowest BCUT2D eigenvalue weighted by molar-refractivity contribution is 1.02. The Morgan fingerprint density at radius 2 is 1.90 bits per heavy atom. The van der Waals surface area contributed by atoms with E-state index >= 15 is 0 Å². The van der Waals surface area contributed by atoms with Crippen molar-refractivity contribution >= 4 is 35.0 Å². The van der Waals surface area contributed by atoms with Gasteiger partial charge in [-0.1, -0.05) is 41.4 Å². The minimum atomic E-state index is 0.587. The van der Waals surface area contributed by atoms with Crippen molar-refractivity contribution in [1.82, 2.24) is 9.55 Å². The fourth-order valence-corrected chi connectivity index (χ4v) is 3.30. The zero-order chi connectivity index (χ0) is 14.7. The van der Waals surface area contributed by atoms with E-state index in [1.807, 2.05) is 41.1 Å². The first kappa shape index (κ1) is 14.5. The quantitative estimate of drug-likeness (QED) is 0.588. The standard InChI is InChI=1S/C16H12Cl2N2S/c17-13-6-5-12(9-14(13)18)10-21-16-4-2-1-3-15(16)20-8-7-19-11-20/h1-9,11H,10H2. The second kappa shape index (κ2) is 6.56. The molecule has 0 radical (unpaired) electrons. The molecule has 2 nitrogen and oxygen atoms in total. The van der Waals surface area contributed by atoms with Crippen LogP contribution in [0.1, 0.15) is 5.56 Å². The molecule has 0 fully saturated rings. The van der Waals surface area contributed by atoms with Gasteiger partial charge in [0.05, 0.1) is 22.1 Å². The number of para-hydroxylation sites is 1. The Balaban J connectivity index is 1.81. The van der Waals surface area contributed by atoms with Crippen LogP contribution in [0.4, 0.5) is 0 Å². The number of halogens is 2. The van der Waals surface area contributed by atoms with Crippen LogP contribution in [0.25, 0.3) is 5.69 Å². The van der Waals surface area contributed by atoms with E-state index in [0.717, 1.165) is 17.0 Å². The predicted octanol–water partition coefficient (Wildman–Crippen LogP) is 5.47. The highest BCUT2D eigenvalue weighted by atomic mass is 35.5. The average molecular weight is 335 g/mol. The van der Waals surface area contributed by atoms with Crippen LogP contribution in [0.2, 0.25) is 10.0 Å². The van der Waals surface area contributed by atoms with Gasteiger partial charge >= 0.3 is 0 Å². The lowest BCUT2D eigenvalue weighted by Crippen LogP contribution is -1.93. The molecule has 3 aromatic rings. The summed E-state index contributed by atoms with van der Waals surface area (Å²) in [5.41, 5.74) is 2.27. The van der Waals surface area contributed by atoms with E-state index in [-0.39, 0.29) is 0 Å². The largest absolute Gasteiger partial charge is 0.305 e. The van der Waals surface area contributed by atoms with Gasteiger partial charge in [0.2, 0.25) is 0 Å². The first-order chi connectivity index (χ1) is 10.2. The van der Waals surface area contributed by atoms with Gasteiger partial charge in [0, 0.05) is 23.0 Å². The van der Waals surface area contributed by atoms with E-state index in [4.69, 9.17) is 23.2 Å². The second-order valence-electron chi connectivity index (χ2n) is 4.47. The third-order valence-electron chi connectivity index (χ3n) is 3.03. The molecule has 0 aliphatic carbocycles. The molecule has 1 aromatic heterocycles. The van der Waals surface area contributed by atoms with Crippen LogP contribution < -0.4 is 0 Å². The van der Waals surface area contributed by atoms with E-state index in [9.17, 15) is 0 Å². The molecule has 0 aliphatic heterocycles. The molecule has 0 spiro atoms. The lowest BCUT2D eigenvalue weighted by atomic mass is 10.2. The minimum Gasteiger partial charge on any atom is -0.305 e. The molecule has 0 bridgehead atoms. The van der Waals surface area contributed by atoms with E-state index in [1.54, 1.807) is 24.3 Å². The highest BCUT2D eigenvalue weighted by molar-refractivity contribution is 7.98. The van der Waals surface area contributed by atoms with Gasteiger partial charge in [-0.25, -0.2) is 4.98 Å². The molecular formula is C16H12Cl2N2S. The maximum absolute atomic E-state index is 6.05. The van der Waals surface area contributed by atoms with Crippen molar-refractivity contribution in [3.8, 4) is 5.69 Å². The number of hydrogen-bond acceptors (Lipinski definition) is 2. The highest BCUT2D eigenvalue weighted by Crippen LogP contribution is 2.30. The summed E-state index contributed by atoms with van der Waals surface area (Å²) < 4.78 is 2.01. The molecule has 1 heterocycles. The topological polar surface area (TPSA) is 17.8 Å². The molecule has 21 heavy (non-hydrogen) atoms. The lowest BCUT2D eigenvalue weighted by Gasteiger charge is -2.10. The number of benzene rings is 2. The van der Waals surface area contributed by atoms with Crippen LogP contribution in [0.15, 0.2) is 66.1 Å². The SMILES string of the molecule is Clc1ccc(CSc2ccccc2-n2ccnc2)cc1Cl. The molecular weight excluding hydrogens is 323 g/mol.